The molecule has 4 atom stereocenters. The van der Waals surface area contributed by atoms with Gasteiger partial charge in [0.1, 0.15) is 0 Å². The normalized spacial score (nSPS) is 35.2. The van der Waals surface area contributed by atoms with Crippen molar-refractivity contribution < 1.29 is 14.1 Å². The Balaban J connectivity index is 1.83. The number of fused-ring (bicyclic) bond motifs is 1. The van der Waals surface area contributed by atoms with Crippen molar-refractivity contribution >= 4 is 22.7 Å². The molecule has 6 nitrogen and oxygen atoms in total. The molecule has 1 fully saturated rings. The summed E-state index contributed by atoms with van der Waals surface area (Å²) in [5, 5.41) is 11.6. The van der Waals surface area contributed by atoms with Crippen molar-refractivity contribution in [3.05, 3.63) is 0 Å². The van der Waals surface area contributed by atoms with E-state index >= 15 is 0 Å². The Hall–Kier alpha value is -1.11. The van der Waals surface area contributed by atoms with E-state index in [2.05, 4.69) is 10.3 Å². The largest absolute Gasteiger partial charge is 0.481 e. The van der Waals surface area contributed by atoms with Crippen LogP contribution in [-0.4, -0.2) is 44.3 Å². The lowest BCUT2D eigenvalue weighted by Crippen LogP contribution is -2.38. The minimum atomic E-state index is -0.871. The molecular formula is C10H17N3O3S. The number of nitrogens with zero attached hydrogens (tertiary/aromatic N) is 1. The van der Waals surface area contributed by atoms with Gasteiger partial charge in [0, 0.05) is 23.0 Å². The first-order valence-corrected chi connectivity index (χ1v) is 7.15. The summed E-state index contributed by atoms with van der Waals surface area (Å²) in [5.74, 6) is 0.255. The molecule has 0 bridgehead atoms. The van der Waals surface area contributed by atoms with Gasteiger partial charge in [-0.25, -0.2) is 4.99 Å². The Morgan fingerprint density at radius 3 is 3.06 bits per heavy atom. The molecule has 2 rings (SSSR count). The van der Waals surface area contributed by atoms with Gasteiger partial charge in [-0.3, -0.25) is 9.00 Å². The fourth-order valence-electron chi connectivity index (χ4n) is 2.43. The first kappa shape index (κ1) is 12.3. The highest BCUT2D eigenvalue weighted by atomic mass is 32.2. The van der Waals surface area contributed by atoms with E-state index in [4.69, 9.17) is 10.8 Å². The molecule has 0 saturated carbocycles. The number of aliphatic carboxylic acids is 1. The number of rotatable bonds is 5. The third-order valence-corrected chi connectivity index (χ3v) is 5.10. The summed E-state index contributed by atoms with van der Waals surface area (Å²) < 4.78 is 11.9. The predicted octanol–water partition coefficient (Wildman–Crippen LogP) is -0.583. The summed E-state index contributed by atoms with van der Waals surface area (Å²) in [7, 11) is -0.871. The second-order valence-electron chi connectivity index (χ2n) is 4.48. The molecule has 2 aliphatic rings. The highest BCUT2D eigenvalue weighted by Crippen LogP contribution is 2.27. The molecule has 0 amide bonds. The van der Waals surface area contributed by atoms with Crippen molar-refractivity contribution in [3.8, 4) is 0 Å². The Morgan fingerprint density at radius 2 is 2.35 bits per heavy atom. The molecule has 96 valence electrons. The molecule has 0 aromatic heterocycles. The maximum absolute atomic E-state index is 11.9. The van der Waals surface area contributed by atoms with Gasteiger partial charge in [0.05, 0.1) is 17.3 Å². The van der Waals surface area contributed by atoms with Crippen molar-refractivity contribution in [2.24, 2.45) is 10.7 Å². The molecule has 4 N–H and O–H groups in total. The van der Waals surface area contributed by atoms with Crippen LogP contribution < -0.4 is 11.1 Å². The molecule has 2 aliphatic heterocycles. The fourth-order valence-corrected chi connectivity index (χ4v) is 4.30. The number of carboxylic acid groups (broad SMARTS) is 1. The van der Waals surface area contributed by atoms with Gasteiger partial charge in [-0.05, 0) is 12.8 Å². The molecule has 0 aromatic rings. The van der Waals surface area contributed by atoms with Gasteiger partial charge >= 0.3 is 5.97 Å². The lowest BCUT2D eigenvalue weighted by Gasteiger charge is -2.13. The van der Waals surface area contributed by atoms with Crippen LogP contribution in [0.4, 0.5) is 0 Å². The third kappa shape index (κ3) is 2.77. The third-order valence-electron chi connectivity index (χ3n) is 3.23. The smallest absolute Gasteiger partial charge is 0.303 e. The van der Waals surface area contributed by atoms with E-state index in [1.165, 1.54) is 0 Å². The van der Waals surface area contributed by atoms with Crippen LogP contribution in [0, 0.1) is 0 Å². The van der Waals surface area contributed by atoms with Crippen LogP contribution in [-0.2, 0) is 15.6 Å². The number of carbonyl (C=O) groups is 1. The zero-order valence-corrected chi connectivity index (χ0v) is 10.3. The number of hydrogen-bond acceptors (Lipinski definition) is 5. The summed E-state index contributed by atoms with van der Waals surface area (Å²) in [6, 6.07) is 0.126. The number of hydrogen-bond donors (Lipinski definition) is 3. The van der Waals surface area contributed by atoms with Gasteiger partial charge in [0.2, 0.25) is 0 Å². The number of carboxylic acids is 1. The average Bonchev–Trinajstić information content (AvgIpc) is 2.69. The second-order valence-corrected chi connectivity index (χ2v) is 6.18. The van der Waals surface area contributed by atoms with Gasteiger partial charge in [-0.2, -0.15) is 0 Å². The first-order chi connectivity index (χ1) is 8.08. The number of unbranched alkanes of at least 4 members (excludes halogenated alkanes) is 1. The van der Waals surface area contributed by atoms with E-state index in [0.717, 1.165) is 12.8 Å². The maximum atomic E-state index is 11.9. The molecule has 7 heteroatoms. The molecule has 0 aromatic carbocycles. The summed E-state index contributed by atoms with van der Waals surface area (Å²) in [4.78, 5) is 14.6. The molecule has 0 unspecified atom stereocenters. The SMILES string of the molecule is NC1=N[C@H]2[C@H](C[S@](=O)[C@H]2CCCCC(=O)O)N1. The van der Waals surface area contributed by atoms with Crippen molar-refractivity contribution in [2.75, 3.05) is 5.75 Å². The number of aliphatic imine (C=N–C) groups is 1. The molecule has 1 saturated heterocycles. The Kier molecular flexibility index (Phi) is 3.66. The summed E-state index contributed by atoms with van der Waals surface area (Å²) in [6.07, 6.45) is 2.35. The lowest BCUT2D eigenvalue weighted by atomic mass is 10.0. The summed E-state index contributed by atoms with van der Waals surface area (Å²) >= 11 is 0. The number of guanidine groups is 1. The van der Waals surface area contributed by atoms with Crippen LogP contribution in [0.25, 0.3) is 0 Å². The number of nitrogens with two attached hydrogens (primary N) is 1. The van der Waals surface area contributed by atoms with E-state index in [9.17, 15) is 9.00 Å². The minimum Gasteiger partial charge on any atom is -0.481 e. The fraction of sp³-hybridized carbons (Fsp3) is 0.800. The topological polar surface area (TPSA) is 105 Å². The van der Waals surface area contributed by atoms with E-state index in [0.29, 0.717) is 18.1 Å². The Bertz CT molecular complexity index is 372. The van der Waals surface area contributed by atoms with Crippen LogP contribution in [0.3, 0.4) is 0 Å². The van der Waals surface area contributed by atoms with Crippen LogP contribution in [0.5, 0.6) is 0 Å². The molecule has 0 aliphatic carbocycles. The minimum absolute atomic E-state index is 0.0145. The van der Waals surface area contributed by atoms with Crippen LogP contribution in [0.2, 0.25) is 0 Å². The summed E-state index contributed by atoms with van der Waals surface area (Å²) in [5.41, 5.74) is 5.59. The van der Waals surface area contributed by atoms with E-state index < -0.39 is 16.8 Å². The average molecular weight is 259 g/mol. The zero-order valence-electron chi connectivity index (χ0n) is 9.46. The van der Waals surface area contributed by atoms with Crippen LogP contribution >= 0.6 is 0 Å². The van der Waals surface area contributed by atoms with Gasteiger partial charge < -0.3 is 16.2 Å². The van der Waals surface area contributed by atoms with Gasteiger partial charge in [0.15, 0.2) is 5.96 Å². The molecule has 17 heavy (non-hydrogen) atoms. The monoisotopic (exact) mass is 259 g/mol. The quantitative estimate of drug-likeness (QED) is 0.573. The van der Waals surface area contributed by atoms with Crippen LogP contribution in [0.15, 0.2) is 4.99 Å². The van der Waals surface area contributed by atoms with Crippen molar-refractivity contribution in [1.82, 2.24) is 5.32 Å². The van der Waals surface area contributed by atoms with Gasteiger partial charge in [0.25, 0.3) is 0 Å². The van der Waals surface area contributed by atoms with Crippen molar-refractivity contribution in [2.45, 2.75) is 43.0 Å². The summed E-state index contributed by atoms with van der Waals surface area (Å²) in [6.45, 7) is 0. The maximum Gasteiger partial charge on any atom is 0.303 e. The van der Waals surface area contributed by atoms with Crippen molar-refractivity contribution in [3.63, 3.8) is 0 Å². The predicted molar refractivity (Wildman–Crippen MR) is 65.2 cm³/mol. The zero-order chi connectivity index (χ0) is 12.4. The standard InChI is InChI=1S/C10H17N3O3S/c11-10-12-6-5-17(16)7(9(6)13-10)3-1-2-4-8(14)15/h6-7,9H,1-5H2,(H,14,15)(H3,11,12,13)/t6-,7-,9-,17-/m0/s1. The van der Waals surface area contributed by atoms with E-state index in [-0.39, 0.29) is 23.8 Å². The second kappa shape index (κ2) is 5.03. The molecular weight excluding hydrogens is 242 g/mol. The highest BCUT2D eigenvalue weighted by molar-refractivity contribution is 7.86. The van der Waals surface area contributed by atoms with Crippen molar-refractivity contribution in [1.29, 1.82) is 0 Å². The van der Waals surface area contributed by atoms with E-state index in [1.807, 2.05) is 0 Å². The molecule has 2 heterocycles. The van der Waals surface area contributed by atoms with E-state index in [1.54, 1.807) is 0 Å². The highest BCUT2D eigenvalue weighted by Gasteiger charge is 2.44. The lowest BCUT2D eigenvalue weighted by molar-refractivity contribution is -0.137. The van der Waals surface area contributed by atoms with Crippen LogP contribution in [0.1, 0.15) is 25.7 Å². The van der Waals surface area contributed by atoms with Gasteiger partial charge in [-0.1, -0.05) is 6.42 Å². The molecule has 0 radical (unpaired) electrons. The first-order valence-electron chi connectivity index (χ1n) is 5.76. The van der Waals surface area contributed by atoms with Gasteiger partial charge in [-0.15, -0.1) is 0 Å². The Morgan fingerprint density at radius 1 is 1.59 bits per heavy atom. The number of nitrogens with one attached hydrogen (secondary N) is 1. The Labute approximate surface area is 102 Å². The molecule has 0 spiro atoms.